The van der Waals surface area contributed by atoms with Crippen LogP contribution in [0.5, 0.6) is 0 Å². The van der Waals surface area contributed by atoms with Gasteiger partial charge in [0.25, 0.3) is 5.56 Å². The summed E-state index contributed by atoms with van der Waals surface area (Å²) in [5.41, 5.74) is 1.67. The van der Waals surface area contributed by atoms with E-state index in [1.54, 1.807) is 13.1 Å². The molecular formula is C39H48Cl2N5O5P. The first kappa shape index (κ1) is 38.7. The standard InChI is InChI=1S/C39H47ClN5O5P.ClH/c1-30-26-44(38(47)41-37(30)46)36-28-42(39(31-14-6-3-7-15-31,32-16-8-4-9-17-32)33-18-10-5-11-19-33)27-35(50-36)29-49-51(40,48)43-22-20-34(21-23-43)45(2)24-12-13-25-45;/h3-11,14-19,26,34-36H,12-13,20-25,27-29H2,1-2H3;1H. The predicted molar refractivity (Wildman–Crippen MR) is 200 cm³/mol. The van der Waals surface area contributed by atoms with Gasteiger partial charge in [-0.15, -0.1) is 0 Å². The Balaban J connectivity index is 0.00000464. The molecule has 3 atom stereocenters. The summed E-state index contributed by atoms with van der Waals surface area (Å²) in [5, 5.41) is 0. The maximum Gasteiger partial charge on any atom is 0.363 e. The van der Waals surface area contributed by atoms with Gasteiger partial charge in [-0.05, 0) is 34.9 Å². The van der Waals surface area contributed by atoms with E-state index in [0.717, 1.165) is 34.0 Å². The number of rotatable bonds is 10. The number of hydrogen-bond donors (Lipinski definition) is 1. The zero-order valence-corrected chi connectivity index (χ0v) is 32.2. The first-order valence-corrected chi connectivity index (χ1v) is 20.5. The quantitative estimate of drug-likeness (QED) is 0.151. The number of ether oxygens (including phenoxy) is 1. The number of piperidine rings is 1. The first-order valence-electron chi connectivity index (χ1n) is 18.0. The lowest BCUT2D eigenvalue weighted by atomic mass is 9.75. The van der Waals surface area contributed by atoms with Crippen molar-refractivity contribution in [3.05, 3.63) is 140 Å². The Morgan fingerprint density at radius 2 is 1.40 bits per heavy atom. The van der Waals surface area contributed by atoms with Crippen molar-refractivity contribution in [2.45, 2.75) is 56.5 Å². The topological polar surface area (TPSA) is 96.9 Å². The molecule has 278 valence electrons. The monoisotopic (exact) mass is 767 g/mol. The summed E-state index contributed by atoms with van der Waals surface area (Å²) in [6.45, 7) is 2.24. The number of likely N-dealkylation sites (tertiary alicyclic amines) is 1. The van der Waals surface area contributed by atoms with Crippen LogP contribution in [0.15, 0.2) is 107 Å². The molecule has 0 saturated carbocycles. The fraction of sp³-hybridized carbons (Fsp3) is 0.436. The van der Waals surface area contributed by atoms with Gasteiger partial charge in [-0.3, -0.25) is 23.8 Å². The number of morpholine rings is 1. The molecule has 7 rings (SSSR count). The first-order chi connectivity index (χ1) is 24.6. The fourth-order valence-corrected chi connectivity index (χ4v) is 10.5. The maximum absolute atomic E-state index is 14.0. The van der Waals surface area contributed by atoms with Crippen LogP contribution in [0.3, 0.4) is 0 Å². The van der Waals surface area contributed by atoms with Gasteiger partial charge < -0.3 is 26.2 Å². The van der Waals surface area contributed by atoms with Crippen molar-refractivity contribution in [2.24, 2.45) is 0 Å². The van der Waals surface area contributed by atoms with Gasteiger partial charge in [0.15, 0.2) is 6.23 Å². The molecular weight excluding hydrogens is 720 g/mol. The van der Waals surface area contributed by atoms with Crippen LogP contribution in [0.2, 0.25) is 0 Å². The van der Waals surface area contributed by atoms with Gasteiger partial charge in [-0.25, -0.2) is 9.46 Å². The van der Waals surface area contributed by atoms with Gasteiger partial charge in [0, 0.05) is 63.6 Å². The number of aromatic nitrogens is 2. The second-order valence-electron chi connectivity index (χ2n) is 14.5. The van der Waals surface area contributed by atoms with Crippen LogP contribution < -0.4 is 23.7 Å². The summed E-state index contributed by atoms with van der Waals surface area (Å²) in [6, 6.07) is 31.4. The highest BCUT2D eigenvalue weighted by molar-refractivity contribution is 7.83. The zero-order valence-electron chi connectivity index (χ0n) is 29.8. The van der Waals surface area contributed by atoms with Crippen LogP contribution in [0.4, 0.5) is 0 Å². The number of benzene rings is 3. The zero-order chi connectivity index (χ0) is 35.6. The van der Waals surface area contributed by atoms with Gasteiger partial charge in [-0.2, -0.15) is 0 Å². The van der Waals surface area contributed by atoms with E-state index in [0.29, 0.717) is 37.8 Å². The Kier molecular flexibility index (Phi) is 12.0. The van der Waals surface area contributed by atoms with E-state index in [-0.39, 0.29) is 19.0 Å². The minimum atomic E-state index is -3.68. The van der Waals surface area contributed by atoms with E-state index < -0.39 is 36.0 Å². The third-order valence-corrected chi connectivity index (χ3v) is 13.8. The average molecular weight is 769 g/mol. The van der Waals surface area contributed by atoms with Gasteiger partial charge >= 0.3 is 12.6 Å². The normalized spacial score (nSPS) is 22.8. The molecule has 3 aromatic carbocycles. The van der Waals surface area contributed by atoms with Crippen LogP contribution >= 0.6 is 18.1 Å². The van der Waals surface area contributed by atoms with E-state index in [1.165, 1.54) is 30.5 Å². The SMILES string of the molecule is Cc1cn(C2CN(C(c3ccccc3)(c3ccccc3)c3ccccc3)CC(COP(=O)(Cl)N3CCC([N+]4(C)CCCC4)CC3)O2)c(=O)[nH]c1=O.[Cl-]. The summed E-state index contributed by atoms with van der Waals surface area (Å²) in [7, 11) is 2.35. The Morgan fingerprint density at radius 1 is 0.885 bits per heavy atom. The molecule has 52 heavy (non-hydrogen) atoms. The maximum atomic E-state index is 14.0. The lowest BCUT2D eigenvalue weighted by Crippen LogP contribution is -3.00. The van der Waals surface area contributed by atoms with Gasteiger partial charge in [0.1, 0.15) is 0 Å². The van der Waals surface area contributed by atoms with E-state index in [1.807, 2.05) is 59.3 Å². The van der Waals surface area contributed by atoms with Crippen LogP contribution in [-0.4, -0.2) is 88.7 Å². The van der Waals surface area contributed by atoms with Crippen molar-refractivity contribution in [2.75, 3.05) is 52.9 Å². The second-order valence-corrected chi connectivity index (χ2v) is 17.5. The van der Waals surface area contributed by atoms with Crippen molar-refractivity contribution in [1.82, 2.24) is 19.1 Å². The van der Waals surface area contributed by atoms with Crippen molar-refractivity contribution >= 4 is 18.1 Å². The molecule has 13 heteroatoms. The smallest absolute Gasteiger partial charge is 0.363 e. The Labute approximate surface area is 316 Å². The molecule has 3 unspecified atom stereocenters. The molecule has 4 heterocycles. The van der Waals surface area contributed by atoms with Crippen molar-refractivity contribution in [3.8, 4) is 0 Å². The number of quaternary nitrogens is 1. The van der Waals surface area contributed by atoms with E-state index in [9.17, 15) is 14.2 Å². The van der Waals surface area contributed by atoms with E-state index >= 15 is 0 Å². The molecule has 3 aliphatic rings. The predicted octanol–water partition coefficient (Wildman–Crippen LogP) is 3.11. The van der Waals surface area contributed by atoms with Gasteiger partial charge in [0.2, 0.25) is 0 Å². The number of nitrogens with zero attached hydrogens (tertiary/aromatic N) is 4. The number of hydrogen-bond acceptors (Lipinski definition) is 6. The molecule has 0 amide bonds. The van der Waals surface area contributed by atoms with Crippen LogP contribution in [0.1, 0.15) is 54.2 Å². The van der Waals surface area contributed by atoms with Crippen LogP contribution in [0.25, 0.3) is 0 Å². The minimum Gasteiger partial charge on any atom is -1.00 e. The van der Waals surface area contributed by atoms with Crippen LogP contribution in [-0.2, 0) is 19.4 Å². The van der Waals surface area contributed by atoms with Gasteiger partial charge in [-0.1, -0.05) is 91.0 Å². The Bertz CT molecular complexity index is 1850. The molecule has 3 saturated heterocycles. The third-order valence-electron chi connectivity index (χ3n) is 11.3. The van der Waals surface area contributed by atoms with Crippen molar-refractivity contribution in [1.29, 1.82) is 0 Å². The number of H-pyrrole nitrogens is 1. The lowest BCUT2D eigenvalue weighted by Gasteiger charge is -2.50. The molecule has 4 aromatic rings. The summed E-state index contributed by atoms with van der Waals surface area (Å²) >= 11 is 6.80. The van der Waals surface area contributed by atoms with Gasteiger partial charge in [0.05, 0.1) is 44.4 Å². The molecule has 10 nitrogen and oxygen atoms in total. The van der Waals surface area contributed by atoms with E-state index in [4.69, 9.17) is 20.5 Å². The molecule has 1 N–H and O–H groups in total. The highest BCUT2D eigenvalue weighted by Gasteiger charge is 2.47. The molecule has 0 radical (unpaired) electrons. The number of aromatic amines is 1. The fourth-order valence-electron chi connectivity index (χ4n) is 8.62. The summed E-state index contributed by atoms with van der Waals surface area (Å²) in [4.78, 5) is 30.5. The number of nitrogens with one attached hydrogen (secondary N) is 1. The molecule has 0 bridgehead atoms. The molecule has 3 fully saturated rings. The highest BCUT2D eigenvalue weighted by atomic mass is 35.7. The lowest BCUT2D eigenvalue weighted by molar-refractivity contribution is -0.923. The molecule has 1 aromatic heterocycles. The summed E-state index contributed by atoms with van der Waals surface area (Å²) in [6.07, 6.45) is 4.49. The second kappa shape index (κ2) is 16.1. The summed E-state index contributed by atoms with van der Waals surface area (Å²) < 4.78 is 31.2. The Morgan fingerprint density at radius 3 is 1.92 bits per heavy atom. The van der Waals surface area contributed by atoms with Crippen LogP contribution in [0, 0.1) is 6.92 Å². The molecule has 0 spiro atoms. The van der Waals surface area contributed by atoms with Crippen molar-refractivity contribution < 1.29 is 30.7 Å². The highest BCUT2D eigenvalue weighted by Crippen LogP contribution is 2.57. The van der Waals surface area contributed by atoms with Crippen molar-refractivity contribution in [3.63, 3.8) is 0 Å². The number of halogens is 2. The third kappa shape index (κ3) is 7.63. The van der Waals surface area contributed by atoms with E-state index in [2.05, 4.69) is 53.3 Å². The average Bonchev–Trinajstić information content (AvgIpc) is 3.61. The minimum absolute atomic E-state index is 0. The Hall–Kier alpha value is -3.05. The number of aryl methyl sites for hydroxylation is 1. The molecule has 0 aliphatic carbocycles. The molecule has 3 aliphatic heterocycles. The summed E-state index contributed by atoms with van der Waals surface area (Å²) in [5.74, 6) is 0. The largest absolute Gasteiger partial charge is 1.00 e.